The summed E-state index contributed by atoms with van der Waals surface area (Å²) in [7, 11) is 0. The smallest absolute Gasteiger partial charge is 0.222 e. The number of rotatable bonds is 49. The number of unbranched alkanes of at least 4 members (excludes halogenated alkanes) is 38. The van der Waals surface area contributed by atoms with Crippen LogP contribution in [0.25, 0.3) is 0 Å². The fraction of sp³-hybridized carbons (Fsp3) is 0.943. The topological polar surface area (TPSA) is 89.8 Å². The summed E-state index contributed by atoms with van der Waals surface area (Å²) < 4.78 is 0. The summed E-state index contributed by atoms with van der Waals surface area (Å²) in [5, 5.41) is 33.6. The second kappa shape index (κ2) is 48.8. The number of hydrogen-bond donors (Lipinski definition) is 4. The van der Waals surface area contributed by atoms with Crippen LogP contribution in [-0.2, 0) is 4.79 Å². The van der Waals surface area contributed by atoms with Crippen LogP contribution in [0.15, 0.2) is 12.2 Å². The van der Waals surface area contributed by atoms with Crippen LogP contribution in [0, 0.1) is 0 Å². The second-order valence-electron chi connectivity index (χ2n) is 18.5. The lowest BCUT2D eigenvalue weighted by Gasteiger charge is -2.23. The Balaban J connectivity index is 3.53. The van der Waals surface area contributed by atoms with Gasteiger partial charge in [-0.15, -0.1) is 0 Å². The van der Waals surface area contributed by atoms with Crippen molar-refractivity contribution < 1.29 is 20.1 Å². The van der Waals surface area contributed by atoms with Gasteiger partial charge in [0.05, 0.1) is 31.3 Å². The number of aliphatic hydroxyl groups excluding tert-OH is 3. The Morgan fingerprint density at radius 2 is 0.690 bits per heavy atom. The molecule has 3 unspecified atom stereocenters. The molecule has 0 saturated heterocycles. The van der Waals surface area contributed by atoms with Gasteiger partial charge in [-0.2, -0.15) is 0 Å². The van der Waals surface area contributed by atoms with Gasteiger partial charge in [-0.25, -0.2) is 0 Å². The van der Waals surface area contributed by atoms with Gasteiger partial charge in [-0.05, 0) is 38.5 Å². The maximum Gasteiger partial charge on any atom is 0.222 e. The van der Waals surface area contributed by atoms with E-state index in [1.54, 1.807) is 0 Å². The summed E-state index contributed by atoms with van der Waals surface area (Å²) >= 11 is 0. The molecule has 5 nitrogen and oxygen atoms in total. The van der Waals surface area contributed by atoms with Crippen LogP contribution in [0.1, 0.15) is 296 Å². The van der Waals surface area contributed by atoms with Crippen molar-refractivity contribution in [3.8, 4) is 0 Å². The largest absolute Gasteiger partial charge is 0.394 e. The van der Waals surface area contributed by atoms with Gasteiger partial charge in [0.15, 0.2) is 0 Å². The van der Waals surface area contributed by atoms with Crippen LogP contribution in [0.3, 0.4) is 0 Å². The summed E-state index contributed by atoms with van der Waals surface area (Å²) in [5.41, 5.74) is 0. The van der Waals surface area contributed by atoms with Gasteiger partial charge in [-0.3, -0.25) is 4.79 Å². The van der Waals surface area contributed by atoms with Crippen molar-refractivity contribution in [1.82, 2.24) is 5.32 Å². The molecule has 0 spiro atoms. The van der Waals surface area contributed by atoms with Crippen molar-refractivity contribution >= 4 is 5.91 Å². The molecule has 0 aromatic carbocycles. The third-order valence-electron chi connectivity index (χ3n) is 12.6. The fourth-order valence-corrected chi connectivity index (χ4v) is 8.52. The highest BCUT2D eigenvalue weighted by Gasteiger charge is 2.21. The SMILES string of the molecule is CCCCCCCCCCCCCC/C=C\CCCCCCCCCCCC(O)CC(=O)NC(CO)C(O)CCCCCCCCCCCCCCCCCCCC. The monoisotopic (exact) mass is 820 g/mol. The molecule has 0 aliphatic heterocycles. The third kappa shape index (κ3) is 44.6. The van der Waals surface area contributed by atoms with Crippen molar-refractivity contribution in [2.75, 3.05) is 6.61 Å². The minimum atomic E-state index is -0.747. The summed E-state index contributed by atoms with van der Waals surface area (Å²) in [6.07, 6.45) is 59.2. The zero-order valence-corrected chi connectivity index (χ0v) is 39.5. The lowest BCUT2D eigenvalue weighted by Crippen LogP contribution is -2.46. The van der Waals surface area contributed by atoms with Crippen LogP contribution >= 0.6 is 0 Å². The summed E-state index contributed by atoms with van der Waals surface area (Å²) in [5.74, 6) is -0.279. The van der Waals surface area contributed by atoms with E-state index in [-0.39, 0.29) is 18.9 Å². The quantitative estimate of drug-likeness (QED) is 0.0364. The molecule has 346 valence electrons. The Kier molecular flexibility index (Phi) is 48.0. The minimum absolute atomic E-state index is 0.0387. The molecule has 0 aromatic rings. The lowest BCUT2D eigenvalue weighted by atomic mass is 10.0. The average molecular weight is 820 g/mol. The van der Waals surface area contributed by atoms with E-state index in [0.29, 0.717) is 12.8 Å². The van der Waals surface area contributed by atoms with Crippen LogP contribution in [-0.4, -0.2) is 46.1 Å². The number of aliphatic hydroxyl groups is 3. The van der Waals surface area contributed by atoms with Crippen LogP contribution < -0.4 is 5.32 Å². The molecule has 5 heteroatoms. The number of carbonyl (C=O) groups excluding carboxylic acids is 1. The standard InChI is InChI=1S/C53H105NO4/c1-3-5-7-9-11-13-15-17-19-21-23-24-25-26-27-28-29-30-32-34-36-38-40-42-44-46-50(56)48-53(58)54-51(49-55)52(57)47-45-43-41-39-37-35-33-31-22-20-18-16-14-12-10-8-6-4-2/h26-27,50-52,55-57H,3-25,28-49H2,1-2H3,(H,54,58)/b27-26-. The molecule has 1 amide bonds. The Labute approximate surface area is 363 Å². The van der Waals surface area contributed by atoms with E-state index in [4.69, 9.17) is 0 Å². The first kappa shape index (κ1) is 57.1. The van der Waals surface area contributed by atoms with Crippen LogP contribution in [0.5, 0.6) is 0 Å². The molecule has 0 aliphatic rings. The van der Waals surface area contributed by atoms with Crippen molar-refractivity contribution in [2.24, 2.45) is 0 Å². The van der Waals surface area contributed by atoms with Gasteiger partial charge >= 0.3 is 0 Å². The van der Waals surface area contributed by atoms with E-state index in [9.17, 15) is 20.1 Å². The molecule has 4 N–H and O–H groups in total. The van der Waals surface area contributed by atoms with E-state index >= 15 is 0 Å². The van der Waals surface area contributed by atoms with Gasteiger partial charge < -0.3 is 20.6 Å². The predicted octanol–water partition coefficient (Wildman–Crippen LogP) is 15.9. The average Bonchev–Trinajstić information content (AvgIpc) is 3.22. The minimum Gasteiger partial charge on any atom is -0.394 e. The zero-order valence-electron chi connectivity index (χ0n) is 39.5. The summed E-state index contributed by atoms with van der Waals surface area (Å²) in [6.45, 7) is 4.30. The van der Waals surface area contributed by atoms with E-state index < -0.39 is 18.2 Å². The Morgan fingerprint density at radius 3 is 1.00 bits per heavy atom. The van der Waals surface area contributed by atoms with Crippen molar-refractivity contribution in [3.63, 3.8) is 0 Å². The Bertz CT molecular complexity index is 818. The molecule has 58 heavy (non-hydrogen) atoms. The maximum atomic E-state index is 12.5. The number of amides is 1. The summed E-state index contributed by atoms with van der Waals surface area (Å²) in [4.78, 5) is 12.5. The van der Waals surface area contributed by atoms with Gasteiger partial charge in [0.1, 0.15) is 0 Å². The normalized spacial score (nSPS) is 13.4. The Hall–Kier alpha value is -0.910. The van der Waals surface area contributed by atoms with E-state index in [1.165, 1.54) is 238 Å². The molecule has 0 radical (unpaired) electrons. The third-order valence-corrected chi connectivity index (χ3v) is 12.6. The van der Waals surface area contributed by atoms with Gasteiger partial charge in [-0.1, -0.05) is 264 Å². The van der Waals surface area contributed by atoms with Crippen LogP contribution in [0.2, 0.25) is 0 Å². The van der Waals surface area contributed by atoms with Crippen molar-refractivity contribution in [1.29, 1.82) is 0 Å². The highest BCUT2D eigenvalue weighted by atomic mass is 16.3. The zero-order chi connectivity index (χ0) is 42.3. The first-order chi connectivity index (χ1) is 28.5. The van der Waals surface area contributed by atoms with Gasteiger partial charge in [0.2, 0.25) is 5.91 Å². The highest BCUT2D eigenvalue weighted by molar-refractivity contribution is 5.76. The maximum absolute atomic E-state index is 12.5. The summed E-state index contributed by atoms with van der Waals surface area (Å²) in [6, 6.07) is -0.657. The first-order valence-corrected chi connectivity index (χ1v) is 26.5. The molecule has 0 aliphatic carbocycles. The van der Waals surface area contributed by atoms with Crippen molar-refractivity contribution in [3.05, 3.63) is 12.2 Å². The van der Waals surface area contributed by atoms with Crippen LogP contribution in [0.4, 0.5) is 0 Å². The van der Waals surface area contributed by atoms with Gasteiger partial charge in [0.25, 0.3) is 0 Å². The molecule has 0 rings (SSSR count). The van der Waals surface area contributed by atoms with E-state index in [2.05, 4.69) is 31.3 Å². The molecule has 0 bridgehead atoms. The molecule has 0 fully saturated rings. The molecule has 0 aromatic heterocycles. The number of allylic oxidation sites excluding steroid dienone is 2. The van der Waals surface area contributed by atoms with Gasteiger partial charge in [0, 0.05) is 0 Å². The first-order valence-electron chi connectivity index (χ1n) is 26.5. The second-order valence-corrected chi connectivity index (χ2v) is 18.5. The molecular formula is C53H105NO4. The molecule has 0 heterocycles. The molecule has 3 atom stereocenters. The lowest BCUT2D eigenvalue weighted by molar-refractivity contribution is -0.125. The van der Waals surface area contributed by atoms with E-state index in [0.717, 1.165) is 25.7 Å². The van der Waals surface area contributed by atoms with E-state index in [1.807, 2.05) is 0 Å². The molecule has 0 saturated carbocycles. The fourth-order valence-electron chi connectivity index (χ4n) is 8.52. The number of hydrogen-bond acceptors (Lipinski definition) is 4. The highest BCUT2D eigenvalue weighted by Crippen LogP contribution is 2.17. The Morgan fingerprint density at radius 1 is 0.414 bits per heavy atom. The number of carbonyl (C=O) groups is 1. The number of nitrogens with one attached hydrogen (secondary N) is 1. The molecular weight excluding hydrogens is 715 g/mol. The predicted molar refractivity (Wildman–Crippen MR) is 255 cm³/mol. The van der Waals surface area contributed by atoms with Crippen molar-refractivity contribution in [2.45, 2.75) is 315 Å².